The Morgan fingerprint density at radius 1 is 1.40 bits per heavy atom. The van der Waals surface area contributed by atoms with Crippen LogP contribution in [0.4, 0.5) is 0 Å². The average Bonchev–Trinajstić information content (AvgIpc) is 3.04. The Hall–Kier alpha value is -0.940. The fourth-order valence-electron chi connectivity index (χ4n) is 3.87. The van der Waals surface area contributed by atoms with E-state index in [0.29, 0.717) is 11.6 Å². The van der Waals surface area contributed by atoms with Crippen LogP contribution in [-0.2, 0) is 13.6 Å². The average molecular weight is 277 g/mol. The van der Waals surface area contributed by atoms with Gasteiger partial charge in [0.15, 0.2) is 0 Å². The first-order valence-corrected chi connectivity index (χ1v) is 8.04. The number of aromatic nitrogens is 3. The molecule has 5 heteroatoms. The number of rotatable bonds is 4. The lowest BCUT2D eigenvalue weighted by Gasteiger charge is -2.46. The van der Waals surface area contributed by atoms with E-state index in [4.69, 9.17) is 0 Å². The summed E-state index contributed by atoms with van der Waals surface area (Å²) in [5.41, 5.74) is 0.378. The molecule has 0 radical (unpaired) electrons. The molecule has 1 unspecified atom stereocenters. The van der Waals surface area contributed by atoms with E-state index in [0.717, 1.165) is 18.9 Å². The van der Waals surface area contributed by atoms with Gasteiger partial charge in [-0.05, 0) is 19.3 Å². The van der Waals surface area contributed by atoms with Crippen molar-refractivity contribution in [3.05, 3.63) is 12.2 Å². The van der Waals surface area contributed by atoms with E-state index in [1.807, 2.05) is 11.7 Å². The van der Waals surface area contributed by atoms with Gasteiger partial charge in [-0.1, -0.05) is 26.2 Å². The lowest BCUT2D eigenvalue weighted by atomic mass is 9.91. The number of aryl methyl sites for hydroxylation is 1. The molecule has 1 aromatic heterocycles. The van der Waals surface area contributed by atoms with E-state index in [1.54, 1.807) is 6.33 Å². The van der Waals surface area contributed by atoms with Gasteiger partial charge in [-0.3, -0.25) is 9.58 Å². The van der Waals surface area contributed by atoms with E-state index in [-0.39, 0.29) is 0 Å². The highest BCUT2D eigenvalue weighted by atomic mass is 15.3. The maximum atomic E-state index is 4.41. The van der Waals surface area contributed by atoms with Crippen molar-refractivity contribution in [2.75, 3.05) is 13.1 Å². The van der Waals surface area contributed by atoms with Crippen molar-refractivity contribution in [1.29, 1.82) is 0 Å². The molecule has 1 aliphatic carbocycles. The standard InChI is InChI=1S/C15H27N5/c1-3-6-13-9-17-15(7-4-5-8-15)11-20(13)10-14-16-12-18-19(14)2/h12-13,17H,3-11H2,1-2H3. The third-order valence-corrected chi connectivity index (χ3v) is 5.07. The fraction of sp³-hybridized carbons (Fsp3) is 0.867. The van der Waals surface area contributed by atoms with Gasteiger partial charge in [0.25, 0.3) is 0 Å². The van der Waals surface area contributed by atoms with E-state index >= 15 is 0 Å². The van der Waals surface area contributed by atoms with Gasteiger partial charge in [0.1, 0.15) is 12.2 Å². The molecular formula is C15H27N5. The SMILES string of the molecule is CCCC1CNC2(CCCC2)CN1Cc1ncnn1C. The summed E-state index contributed by atoms with van der Waals surface area (Å²) in [4.78, 5) is 7.06. The van der Waals surface area contributed by atoms with Crippen LogP contribution in [0.3, 0.4) is 0 Å². The second-order valence-electron chi connectivity index (χ2n) is 6.52. The van der Waals surface area contributed by atoms with Crippen LogP contribution in [-0.4, -0.2) is 44.3 Å². The summed E-state index contributed by atoms with van der Waals surface area (Å²) in [6.07, 6.45) is 9.60. The van der Waals surface area contributed by atoms with Crippen LogP contribution >= 0.6 is 0 Å². The van der Waals surface area contributed by atoms with Crippen molar-refractivity contribution in [3.8, 4) is 0 Å². The molecule has 1 saturated carbocycles. The quantitative estimate of drug-likeness (QED) is 0.910. The van der Waals surface area contributed by atoms with Crippen LogP contribution in [0.15, 0.2) is 6.33 Å². The van der Waals surface area contributed by atoms with Crippen LogP contribution in [0.1, 0.15) is 51.3 Å². The van der Waals surface area contributed by atoms with Gasteiger partial charge in [-0.25, -0.2) is 4.98 Å². The fourth-order valence-corrected chi connectivity index (χ4v) is 3.87. The number of piperazine rings is 1. The van der Waals surface area contributed by atoms with E-state index < -0.39 is 0 Å². The lowest BCUT2D eigenvalue weighted by Crippen LogP contribution is -2.62. The van der Waals surface area contributed by atoms with Gasteiger partial charge in [-0.15, -0.1) is 0 Å². The third kappa shape index (κ3) is 2.74. The van der Waals surface area contributed by atoms with Gasteiger partial charge in [-0.2, -0.15) is 5.10 Å². The summed E-state index contributed by atoms with van der Waals surface area (Å²) in [5, 5.41) is 8.07. The topological polar surface area (TPSA) is 46.0 Å². The lowest BCUT2D eigenvalue weighted by molar-refractivity contribution is 0.0658. The van der Waals surface area contributed by atoms with Gasteiger partial charge in [0.2, 0.25) is 0 Å². The van der Waals surface area contributed by atoms with Crippen molar-refractivity contribution in [3.63, 3.8) is 0 Å². The minimum absolute atomic E-state index is 0.378. The molecule has 1 saturated heterocycles. The van der Waals surface area contributed by atoms with Crippen molar-refractivity contribution >= 4 is 0 Å². The number of hydrogen-bond donors (Lipinski definition) is 1. The van der Waals surface area contributed by atoms with E-state index in [9.17, 15) is 0 Å². The molecule has 20 heavy (non-hydrogen) atoms. The van der Waals surface area contributed by atoms with Crippen molar-refractivity contribution in [2.24, 2.45) is 7.05 Å². The first-order valence-electron chi connectivity index (χ1n) is 8.04. The second kappa shape index (κ2) is 5.82. The monoisotopic (exact) mass is 277 g/mol. The summed E-state index contributed by atoms with van der Waals surface area (Å²) in [6, 6.07) is 0.642. The molecule has 1 aliphatic heterocycles. The van der Waals surface area contributed by atoms with Crippen LogP contribution < -0.4 is 5.32 Å². The molecule has 1 aromatic rings. The largest absolute Gasteiger partial charge is 0.308 e. The van der Waals surface area contributed by atoms with Crippen LogP contribution in [0.25, 0.3) is 0 Å². The Labute approximate surface area is 121 Å². The molecule has 2 aliphatic rings. The smallest absolute Gasteiger partial charge is 0.140 e. The highest BCUT2D eigenvalue weighted by molar-refractivity contribution is 5.02. The molecular weight excluding hydrogens is 250 g/mol. The summed E-state index contributed by atoms with van der Waals surface area (Å²) in [6.45, 7) is 5.52. The molecule has 112 valence electrons. The molecule has 0 amide bonds. The molecule has 1 spiro atoms. The molecule has 0 aromatic carbocycles. The number of nitrogens with zero attached hydrogens (tertiary/aromatic N) is 4. The van der Waals surface area contributed by atoms with Crippen molar-refractivity contribution in [1.82, 2.24) is 25.0 Å². The molecule has 0 bridgehead atoms. The van der Waals surface area contributed by atoms with Gasteiger partial charge in [0.05, 0.1) is 6.54 Å². The molecule has 5 nitrogen and oxygen atoms in total. The van der Waals surface area contributed by atoms with Gasteiger partial charge >= 0.3 is 0 Å². The molecule has 1 N–H and O–H groups in total. The highest BCUT2D eigenvalue weighted by Gasteiger charge is 2.40. The van der Waals surface area contributed by atoms with Crippen LogP contribution in [0, 0.1) is 0 Å². The molecule has 2 fully saturated rings. The Kier molecular flexibility index (Phi) is 4.08. The summed E-state index contributed by atoms with van der Waals surface area (Å²) in [5.74, 6) is 1.08. The predicted molar refractivity (Wildman–Crippen MR) is 79.3 cm³/mol. The van der Waals surface area contributed by atoms with E-state index in [1.165, 1.54) is 45.1 Å². The Morgan fingerprint density at radius 2 is 2.20 bits per heavy atom. The Balaban J connectivity index is 1.73. The van der Waals surface area contributed by atoms with Crippen LogP contribution in [0.5, 0.6) is 0 Å². The van der Waals surface area contributed by atoms with Gasteiger partial charge < -0.3 is 5.32 Å². The number of hydrogen-bond acceptors (Lipinski definition) is 4. The molecule has 2 heterocycles. The first kappa shape index (κ1) is 14.0. The minimum atomic E-state index is 0.378. The molecule has 3 rings (SSSR count). The summed E-state index contributed by atoms with van der Waals surface area (Å²) >= 11 is 0. The second-order valence-corrected chi connectivity index (χ2v) is 6.52. The Bertz CT molecular complexity index is 435. The summed E-state index contributed by atoms with van der Waals surface area (Å²) < 4.78 is 1.91. The first-order chi connectivity index (χ1) is 9.72. The Morgan fingerprint density at radius 3 is 2.85 bits per heavy atom. The third-order valence-electron chi connectivity index (χ3n) is 5.07. The van der Waals surface area contributed by atoms with E-state index in [2.05, 4.69) is 27.2 Å². The zero-order chi connectivity index (χ0) is 14.0. The predicted octanol–water partition coefficient (Wildman–Crippen LogP) is 1.70. The van der Waals surface area contributed by atoms with Gasteiger partial charge in [0, 0.05) is 31.7 Å². The maximum Gasteiger partial charge on any atom is 0.140 e. The maximum absolute atomic E-state index is 4.41. The summed E-state index contributed by atoms with van der Waals surface area (Å²) in [7, 11) is 1.99. The minimum Gasteiger partial charge on any atom is -0.308 e. The zero-order valence-corrected chi connectivity index (χ0v) is 12.8. The van der Waals surface area contributed by atoms with Crippen LogP contribution in [0.2, 0.25) is 0 Å². The number of nitrogens with one attached hydrogen (secondary N) is 1. The zero-order valence-electron chi connectivity index (χ0n) is 12.8. The highest BCUT2D eigenvalue weighted by Crippen LogP contribution is 2.34. The molecule has 1 atom stereocenters. The normalized spacial score (nSPS) is 26.4. The van der Waals surface area contributed by atoms with Crippen molar-refractivity contribution < 1.29 is 0 Å². The van der Waals surface area contributed by atoms with Crippen molar-refractivity contribution in [2.45, 2.75) is 63.6 Å².